The number of guanidine groups is 1. The number of aliphatic imine (C=N–C) groups is 1. The standard InChI is InChI=1S/C18H35N3O3.HI/c1-5-19-18(20-10-8-12-23-14-15(3)4)21-11-7-9-16(13-21)17(22)24-6-2;/h15-16H,5-14H2,1-4H3,(H,19,20);1H. The quantitative estimate of drug-likeness (QED) is 0.185. The van der Waals surface area contributed by atoms with E-state index in [2.05, 4.69) is 31.0 Å². The molecule has 1 heterocycles. The van der Waals surface area contributed by atoms with Gasteiger partial charge in [0, 0.05) is 39.4 Å². The molecular formula is C18H36IN3O3. The molecule has 1 atom stereocenters. The van der Waals surface area contributed by atoms with Gasteiger partial charge in [-0.1, -0.05) is 13.8 Å². The van der Waals surface area contributed by atoms with Crippen LogP contribution in [0.3, 0.4) is 0 Å². The summed E-state index contributed by atoms with van der Waals surface area (Å²) in [5.74, 6) is 1.34. The van der Waals surface area contributed by atoms with Gasteiger partial charge in [0.25, 0.3) is 0 Å². The number of ether oxygens (including phenoxy) is 2. The van der Waals surface area contributed by atoms with Crippen LogP contribution in [-0.2, 0) is 14.3 Å². The Kier molecular flexibility index (Phi) is 14.3. The number of halogens is 1. The predicted molar refractivity (Wildman–Crippen MR) is 113 cm³/mol. The van der Waals surface area contributed by atoms with Gasteiger partial charge in [-0.2, -0.15) is 0 Å². The van der Waals surface area contributed by atoms with Gasteiger partial charge in [-0.25, -0.2) is 0 Å². The largest absolute Gasteiger partial charge is 0.466 e. The summed E-state index contributed by atoms with van der Waals surface area (Å²) in [6, 6.07) is 0. The van der Waals surface area contributed by atoms with Crippen molar-refractivity contribution in [2.45, 2.75) is 47.0 Å². The van der Waals surface area contributed by atoms with Crippen LogP contribution in [0, 0.1) is 11.8 Å². The Morgan fingerprint density at radius 1 is 1.36 bits per heavy atom. The first-order valence-corrected chi connectivity index (χ1v) is 9.36. The van der Waals surface area contributed by atoms with Crippen molar-refractivity contribution in [3.63, 3.8) is 0 Å². The lowest BCUT2D eigenvalue weighted by molar-refractivity contribution is -0.149. The van der Waals surface area contributed by atoms with E-state index in [1.54, 1.807) is 0 Å². The fourth-order valence-electron chi connectivity index (χ4n) is 2.72. The van der Waals surface area contributed by atoms with Gasteiger partial charge in [0.05, 0.1) is 12.5 Å². The number of piperidine rings is 1. The molecule has 0 saturated carbocycles. The normalized spacial score (nSPS) is 18.0. The summed E-state index contributed by atoms with van der Waals surface area (Å²) in [4.78, 5) is 18.9. The predicted octanol–water partition coefficient (Wildman–Crippen LogP) is 2.91. The lowest BCUT2D eigenvalue weighted by atomic mass is 9.98. The van der Waals surface area contributed by atoms with Gasteiger partial charge in [-0.15, -0.1) is 24.0 Å². The molecule has 0 aliphatic carbocycles. The van der Waals surface area contributed by atoms with Crippen molar-refractivity contribution >= 4 is 35.9 Å². The van der Waals surface area contributed by atoms with Crippen LogP contribution in [0.15, 0.2) is 4.99 Å². The number of nitrogens with one attached hydrogen (secondary N) is 1. The fourth-order valence-corrected chi connectivity index (χ4v) is 2.72. The summed E-state index contributed by atoms with van der Waals surface area (Å²) >= 11 is 0. The molecule has 0 bridgehead atoms. The molecule has 1 aliphatic rings. The number of rotatable bonds is 9. The topological polar surface area (TPSA) is 63.2 Å². The van der Waals surface area contributed by atoms with Crippen LogP contribution in [0.4, 0.5) is 0 Å². The third-order valence-electron chi connectivity index (χ3n) is 3.84. The molecule has 7 heteroatoms. The molecule has 1 rings (SSSR count). The van der Waals surface area contributed by atoms with Gasteiger partial charge in [-0.3, -0.25) is 9.79 Å². The van der Waals surface area contributed by atoms with Gasteiger partial charge < -0.3 is 19.7 Å². The average molecular weight is 469 g/mol. The number of carbonyl (C=O) groups excluding carboxylic acids is 1. The van der Waals surface area contributed by atoms with Crippen LogP contribution in [-0.4, -0.2) is 62.8 Å². The first-order chi connectivity index (χ1) is 11.6. The van der Waals surface area contributed by atoms with Gasteiger partial charge in [-0.05, 0) is 39.0 Å². The van der Waals surface area contributed by atoms with Crippen molar-refractivity contribution in [3.8, 4) is 0 Å². The molecular weight excluding hydrogens is 433 g/mol. The zero-order valence-electron chi connectivity index (χ0n) is 16.3. The molecule has 1 N–H and O–H groups in total. The molecule has 1 aliphatic heterocycles. The number of carbonyl (C=O) groups is 1. The van der Waals surface area contributed by atoms with E-state index in [0.29, 0.717) is 19.1 Å². The number of nitrogens with zero attached hydrogens (tertiary/aromatic N) is 2. The number of hydrogen-bond acceptors (Lipinski definition) is 4. The molecule has 0 spiro atoms. The second-order valence-corrected chi connectivity index (χ2v) is 6.60. The summed E-state index contributed by atoms with van der Waals surface area (Å²) < 4.78 is 10.8. The molecule has 25 heavy (non-hydrogen) atoms. The summed E-state index contributed by atoms with van der Waals surface area (Å²) in [6.07, 6.45) is 2.81. The minimum absolute atomic E-state index is 0. The molecule has 148 valence electrons. The monoisotopic (exact) mass is 469 g/mol. The molecule has 1 unspecified atom stereocenters. The second-order valence-electron chi connectivity index (χ2n) is 6.60. The zero-order valence-corrected chi connectivity index (χ0v) is 18.6. The van der Waals surface area contributed by atoms with Gasteiger partial charge >= 0.3 is 5.97 Å². The molecule has 0 aromatic rings. The van der Waals surface area contributed by atoms with Gasteiger partial charge in [0.15, 0.2) is 5.96 Å². The van der Waals surface area contributed by atoms with Crippen molar-refractivity contribution in [2.24, 2.45) is 16.8 Å². The molecule has 1 saturated heterocycles. The minimum atomic E-state index is -0.0832. The molecule has 0 aromatic carbocycles. The average Bonchev–Trinajstić information content (AvgIpc) is 2.57. The number of esters is 1. The Labute approximate surface area is 170 Å². The minimum Gasteiger partial charge on any atom is -0.466 e. The first kappa shape index (κ1) is 24.4. The van der Waals surface area contributed by atoms with Crippen LogP contribution in [0.1, 0.15) is 47.0 Å². The molecule has 0 radical (unpaired) electrons. The van der Waals surface area contributed by atoms with E-state index < -0.39 is 0 Å². The fraction of sp³-hybridized carbons (Fsp3) is 0.889. The summed E-state index contributed by atoms with van der Waals surface area (Å²) in [6.45, 7) is 13.4. The van der Waals surface area contributed by atoms with Crippen LogP contribution >= 0.6 is 24.0 Å². The zero-order chi connectivity index (χ0) is 17.8. The molecule has 0 amide bonds. The summed E-state index contributed by atoms with van der Waals surface area (Å²) in [7, 11) is 0. The van der Waals surface area contributed by atoms with E-state index in [0.717, 1.165) is 58.1 Å². The second kappa shape index (κ2) is 14.6. The van der Waals surface area contributed by atoms with E-state index in [9.17, 15) is 4.79 Å². The highest BCUT2D eigenvalue weighted by molar-refractivity contribution is 14.0. The molecule has 6 nitrogen and oxygen atoms in total. The smallest absolute Gasteiger partial charge is 0.310 e. The Hall–Kier alpha value is -0.570. The van der Waals surface area contributed by atoms with Crippen LogP contribution in [0.2, 0.25) is 0 Å². The first-order valence-electron chi connectivity index (χ1n) is 9.36. The maximum atomic E-state index is 12.0. The Balaban J connectivity index is 0.00000576. The highest BCUT2D eigenvalue weighted by Gasteiger charge is 2.28. The molecule has 0 aromatic heterocycles. The van der Waals surface area contributed by atoms with Crippen molar-refractivity contribution in [1.82, 2.24) is 10.2 Å². The van der Waals surface area contributed by atoms with Crippen LogP contribution in [0.5, 0.6) is 0 Å². The van der Waals surface area contributed by atoms with Crippen molar-refractivity contribution < 1.29 is 14.3 Å². The SMILES string of the molecule is CCNC(=NCCCOCC(C)C)N1CCCC(C(=O)OCC)C1.I. The van der Waals surface area contributed by atoms with Crippen molar-refractivity contribution in [1.29, 1.82) is 0 Å². The van der Waals surface area contributed by atoms with Crippen molar-refractivity contribution in [3.05, 3.63) is 0 Å². The third-order valence-corrected chi connectivity index (χ3v) is 3.84. The van der Waals surface area contributed by atoms with E-state index >= 15 is 0 Å². The highest BCUT2D eigenvalue weighted by Crippen LogP contribution is 2.18. The lowest BCUT2D eigenvalue weighted by Gasteiger charge is -2.34. The highest BCUT2D eigenvalue weighted by atomic mass is 127. The third kappa shape index (κ3) is 10.2. The van der Waals surface area contributed by atoms with Crippen LogP contribution < -0.4 is 5.32 Å². The van der Waals surface area contributed by atoms with E-state index in [-0.39, 0.29) is 35.9 Å². The Morgan fingerprint density at radius 3 is 2.76 bits per heavy atom. The van der Waals surface area contributed by atoms with Crippen LogP contribution in [0.25, 0.3) is 0 Å². The molecule has 1 fully saturated rings. The maximum absolute atomic E-state index is 12.0. The number of likely N-dealkylation sites (tertiary alicyclic amines) is 1. The summed E-state index contributed by atoms with van der Waals surface area (Å²) in [5, 5.41) is 3.34. The van der Waals surface area contributed by atoms with Gasteiger partial charge in [0.2, 0.25) is 0 Å². The number of hydrogen-bond donors (Lipinski definition) is 1. The Morgan fingerprint density at radius 2 is 2.12 bits per heavy atom. The lowest BCUT2D eigenvalue weighted by Crippen LogP contribution is -2.48. The van der Waals surface area contributed by atoms with E-state index in [1.165, 1.54) is 0 Å². The van der Waals surface area contributed by atoms with Gasteiger partial charge in [0.1, 0.15) is 0 Å². The van der Waals surface area contributed by atoms with E-state index in [1.807, 2.05) is 6.92 Å². The summed E-state index contributed by atoms with van der Waals surface area (Å²) in [5.41, 5.74) is 0. The van der Waals surface area contributed by atoms with Crippen molar-refractivity contribution in [2.75, 3.05) is 46.0 Å². The van der Waals surface area contributed by atoms with E-state index in [4.69, 9.17) is 14.5 Å². The Bertz CT molecular complexity index is 392. The maximum Gasteiger partial charge on any atom is 0.310 e.